The largest absolute Gasteiger partial charge is 0.478 e. The zero-order valence-corrected chi connectivity index (χ0v) is 9.49. The smallest absolute Gasteiger partial charge is 0.335 e. The summed E-state index contributed by atoms with van der Waals surface area (Å²) in [6, 6.07) is 6.03. The average molecular weight is 219 g/mol. The molecule has 0 heterocycles. The van der Waals surface area contributed by atoms with Gasteiger partial charge < -0.3 is 10.4 Å². The summed E-state index contributed by atoms with van der Waals surface area (Å²) in [6.45, 7) is 3.11. The number of likely N-dealkylation sites (N-methyl/N-ethyl adjacent to an activating group) is 1. The quantitative estimate of drug-likeness (QED) is 0.815. The SMILES string of the molecule is CCNC1CCc2cc(C(=O)O)ccc2C1. The van der Waals surface area contributed by atoms with Crippen LogP contribution in [0.2, 0.25) is 0 Å². The van der Waals surface area contributed by atoms with E-state index in [-0.39, 0.29) is 0 Å². The van der Waals surface area contributed by atoms with Gasteiger partial charge in [-0.2, -0.15) is 0 Å². The second-order valence-electron chi connectivity index (χ2n) is 4.29. The van der Waals surface area contributed by atoms with Crippen molar-refractivity contribution in [2.24, 2.45) is 0 Å². The van der Waals surface area contributed by atoms with Crippen LogP contribution in [0.3, 0.4) is 0 Å². The maximum atomic E-state index is 10.8. The van der Waals surface area contributed by atoms with Crippen molar-refractivity contribution < 1.29 is 9.90 Å². The molecular formula is C13H17NO2. The van der Waals surface area contributed by atoms with E-state index >= 15 is 0 Å². The molecule has 1 aliphatic carbocycles. The third-order valence-corrected chi connectivity index (χ3v) is 3.17. The molecule has 1 aromatic rings. The van der Waals surface area contributed by atoms with Crippen LogP contribution in [0.15, 0.2) is 18.2 Å². The highest BCUT2D eigenvalue weighted by molar-refractivity contribution is 5.87. The van der Waals surface area contributed by atoms with Gasteiger partial charge in [0, 0.05) is 6.04 Å². The molecular weight excluding hydrogens is 202 g/mol. The Bertz CT molecular complexity index is 401. The van der Waals surface area contributed by atoms with Gasteiger partial charge in [-0.15, -0.1) is 0 Å². The molecule has 3 nitrogen and oxygen atoms in total. The number of carbonyl (C=O) groups is 1. The summed E-state index contributed by atoms with van der Waals surface area (Å²) in [5, 5.41) is 12.4. The number of nitrogens with one attached hydrogen (secondary N) is 1. The van der Waals surface area contributed by atoms with Crippen LogP contribution < -0.4 is 5.32 Å². The van der Waals surface area contributed by atoms with Gasteiger partial charge in [-0.3, -0.25) is 0 Å². The lowest BCUT2D eigenvalue weighted by atomic mass is 9.87. The zero-order chi connectivity index (χ0) is 11.5. The number of benzene rings is 1. The molecule has 0 amide bonds. The Balaban J connectivity index is 2.19. The summed E-state index contributed by atoms with van der Waals surface area (Å²) in [5.74, 6) is -0.836. The first-order chi connectivity index (χ1) is 7.70. The van der Waals surface area contributed by atoms with Crippen LogP contribution >= 0.6 is 0 Å². The van der Waals surface area contributed by atoms with Crippen LogP contribution in [-0.4, -0.2) is 23.7 Å². The van der Waals surface area contributed by atoms with Gasteiger partial charge in [0.25, 0.3) is 0 Å². The standard InChI is InChI=1S/C13H17NO2/c1-2-14-12-6-5-9-7-11(13(15)16)4-3-10(9)8-12/h3-4,7,12,14H,2,5-6,8H2,1H3,(H,15,16). The minimum atomic E-state index is -0.836. The Kier molecular flexibility index (Phi) is 3.25. The van der Waals surface area contributed by atoms with Crippen LogP contribution in [0.4, 0.5) is 0 Å². The minimum absolute atomic E-state index is 0.403. The van der Waals surface area contributed by atoms with Gasteiger partial charge >= 0.3 is 5.97 Å². The topological polar surface area (TPSA) is 49.3 Å². The number of aromatic carboxylic acids is 1. The van der Waals surface area contributed by atoms with Gasteiger partial charge in [0.1, 0.15) is 0 Å². The van der Waals surface area contributed by atoms with E-state index in [0.29, 0.717) is 11.6 Å². The van der Waals surface area contributed by atoms with Crippen molar-refractivity contribution in [2.45, 2.75) is 32.2 Å². The highest BCUT2D eigenvalue weighted by Gasteiger charge is 2.18. The molecule has 0 saturated heterocycles. The van der Waals surface area contributed by atoms with Crippen molar-refractivity contribution in [3.63, 3.8) is 0 Å². The zero-order valence-electron chi connectivity index (χ0n) is 9.49. The fourth-order valence-corrected chi connectivity index (χ4v) is 2.35. The Morgan fingerprint density at radius 2 is 2.31 bits per heavy atom. The van der Waals surface area contributed by atoms with Gasteiger partial charge in [0.2, 0.25) is 0 Å². The molecule has 2 N–H and O–H groups in total. The molecule has 0 spiro atoms. The number of aryl methyl sites for hydroxylation is 1. The van der Waals surface area contributed by atoms with E-state index in [2.05, 4.69) is 12.2 Å². The van der Waals surface area contributed by atoms with Gasteiger partial charge in [0.05, 0.1) is 5.56 Å². The lowest BCUT2D eigenvalue weighted by Gasteiger charge is -2.25. The van der Waals surface area contributed by atoms with Crippen molar-refractivity contribution in [2.75, 3.05) is 6.54 Å². The van der Waals surface area contributed by atoms with Crippen LogP contribution in [0.25, 0.3) is 0 Å². The van der Waals surface area contributed by atoms with E-state index in [0.717, 1.165) is 25.8 Å². The molecule has 1 aromatic carbocycles. The minimum Gasteiger partial charge on any atom is -0.478 e. The monoisotopic (exact) mass is 219 g/mol. The van der Waals surface area contributed by atoms with Crippen molar-refractivity contribution in [1.29, 1.82) is 0 Å². The van der Waals surface area contributed by atoms with E-state index in [1.807, 2.05) is 12.1 Å². The highest BCUT2D eigenvalue weighted by atomic mass is 16.4. The van der Waals surface area contributed by atoms with E-state index < -0.39 is 5.97 Å². The number of hydrogen-bond donors (Lipinski definition) is 2. The first-order valence-electron chi connectivity index (χ1n) is 5.79. The summed E-state index contributed by atoms with van der Waals surface area (Å²) in [6.07, 6.45) is 3.10. The first-order valence-corrected chi connectivity index (χ1v) is 5.79. The highest BCUT2D eigenvalue weighted by Crippen LogP contribution is 2.22. The van der Waals surface area contributed by atoms with Crippen LogP contribution in [0.1, 0.15) is 34.8 Å². The van der Waals surface area contributed by atoms with Gasteiger partial charge in [-0.25, -0.2) is 4.79 Å². The fourth-order valence-electron chi connectivity index (χ4n) is 2.35. The molecule has 1 aliphatic rings. The maximum Gasteiger partial charge on any atom is 0.335 e. The second kappa shape index (κ2) is 4.66. The van der Waals surface area contributed by atoms with Crippen LogP contribution in [0.5, 0.6) is 0 Å². The molecule has 0 bridgehead atoms. The summed E-state index contributed by atoms with van der Waals surface area (Å²) >= 11 is 0. The van der Waals surface area contributed by atoms with Crippen molar-refractivity contribution in [1.82, 2.24) is 5.32 Å². The molecule has 3 heteroatoms. The van der Waals surface area contributed by atoms with E-state index in [9.17, 15) is 4.79 Å². The van der Waals surface area contributed by atoms with Crippen molar-refractivity contribution >= 4 is 5.97 Å². The number of fused-ring (bicyclic) bond motifs is 1. The Hall–Kier alpha value is -1.35. The predicted molar refractivity (Wildman–Crippen MR) is 62.9 cm³/mol. The Labute approximate surface area is 95.5 Å². The van der Waals surface area contributed by atoms with Gasteiger partial charge in [-0.1, -0.05) is 13.0 Å². The van der Waals surface area contributed by atoms with Crippen molar-refractivity contribution in [3.8, 4) is 0 Å². The van der Waals surface area contributed by atoms with Gasteiger partial charge in [0.15, 0.2) is 0 Å². The molecule has 0 aliphatic heterocycles. The van der Waals surface area contributed by atoms with Crippen LogP contribution in [-0.2, 0) is 12.8 Å². The fraction of sp³-hybridized carbons (Fsp3) is 0.462. The Morgan fingerprint density at radius 3 is 3.00 bits per heavy atom. The number of carboxylic acids is 1. The lowest BCUT2D eigenvalue weighted by Crippen LogP contribution is -2.34. The first kappa shape index (κ1) is 11.1. The second-order valence-corrected chi connectivity index (χ2v) is 4.29. The predicted octanol–water partition coefficient (Wildman–Crippen LogP) is 1.85. The average Bonchev–Trinajstić information content (AvgIpc) is 2.28. The number of hydrogen-bond acceptors (Lipinski definition) is 2. The molecule has 0 saturated carbocycles. The van der Waals surface area contributed by atoms with Gasteiger partial charge in [-0.05, 0) is 49.1 Å². The molecule has 16 heavy (non-hydrogen) atoms. The third-order valence-electron chi connectivity index (χ3n) is 3.17. The van der Waals surface area contributed by atoms with E-state index in [4.69, 9.17) is 5.11 Å². The van der Waals surface area contributed by atoms with E-state index in [1.165, 1.54) is 11.1 Å². The summed E-state index contributed by atoms with van der Waals surface area (Å²) in [7, 11) is 0. The molecule has 86 valence electrons. The third kappa shape index (κ3) is 2.25. The summed E-state index contributed by atoms with van der Waals surface area (Å²) in [5.41, 5.74) is 2.90. The van der Waals surface area contributed by atoms with Crippen molar-refractivity contribution in [3.05, 3.63) is 34.9 Å². The summed E-state index contributed by atoms with van der Waals surface area (Å²) < 4.78 is 0. The summed E-state index contributed by atoms with van der Waals surface area (Å²) in [4.78, 5) is 10.8. The molecule has 0 radical (unpaired) electrons. The van der Waals surface area contributed by atoms with E-state index in [1.54, 1.807) is 6.07 Å². The lowest BCUT2D eigenvalue weighted by molar-refractivity contribution is 0.0696. The molecule has 0 aromatic heterocycles. The molecule has 2 rings (SSSR count). The molecule has 0 fully saturated rings. The Morgan fingerprint density at radius 1 is 1.50 bits per heavy atom. The number of rotatable bonds is 3. The number of carboxylic acid groups (broad SMARTS) is 1. The molecule has 1 unspecified atom stereocenters. The van der Waals surface area contributed by atoms with Crippen LogP contribution in [0, 0.1) is 0 Å². The molecule has 1 atom stereocenters. The maximum absolute atomic E-state index is 10.8. The normalized spacial score (nSPS) is 19.2.